The molecule has 1 aliphatic heterocycles. The SMILES string of the molecule is CC(C)[C@H]1CCN(C(=O)[C@@H](NC(=O)N[C@H](CN(C)S(=O)(=O)NCCCCl)C(C)(C)C)C(C)(C)C)[C@@H]1C(=O)NC(CC1CC1)C(=O)C(N)=O. The van der Waals surface area contributed by atoms with Crippen LogP contribution in [0.1, 0.15) is 87.5 Å². The highest BCUT2D eigenvalue weighted by Gasteiger charge is 2.48. The number of carbonyl (C=O) groups excluding carboxylic acids is 5. The minimum absolute atomic E-state index is 0.0156. The van der Waals surface area contributed by atoms with Crippen LogP contribution in [-0.2, 0) is 29.4 Å². The van der Waals surface area contributed by atoms with Gasteiger partial charge in [0.15, 0.2) is 0 Å². The molecule has 0 radical (unpaired) electrons. The van der Waals surface area contributed by atoms with Crippen LogP contribution in [0.2, 0.25) is 0 Å². The fraction of sp³-hybridized carbons (Fsp3) is 0.844. The third kappa shape index (κ3) is 11.8. The fourth-order valence-corrected chi connectivity index (χ4v) is 6.96. The molecule has 14 nitrogen and oxygen atoms in total. The maximum absolute atomic E-state index is 14.3. The third-order valence-electron chi connectivity index (χ3n) is 9.18. The van der Waals surface area contributed by atoms with Crippen molar-refractivity contribution in [2.24, 2.45) is 34.3 Å². The predicted molar refractivity (Wildman–Crippen MR) is 185 cm³/mol. The van der Waals surface area contributed by atoms with Gasteiger partial charge in [-0.3, -0.25) is 19.2 Å². The Morgan fingerprint density at radius 1 is 0.958 bits per heavy atom. The summed E-state index contributed by atoms with van der Waals surface area (Å²) in [5.41, 5.74) is 3.94. The Labute approximate surface area is 291 Å². The van der Waals surface area contributed by atoms with E-state index in [2.05, 4.69) is 20.7 Å². The van der Waals surface area contributed by atoms with Crippen LogP contribution in [0.4, 0.5) is 4.79 Å². The van der Waals surface area contributed by atoms with Crippen molar-refractivity contribution < 1.29 is 32.4 Å². The summed E-state index contributed by atoms with van der Waals surface area (Å²) in [7, 11) is -2.42. The Bertz CT molecular complexity index is 1280. The average Bonchev–Trinajstić information content (AvgIpc) is 3.66. The van der Waals surface area contributed by atoms with Gasteiger partial charge in [-0.1, -0.05) is 68.2 Å². The highest BCUT2D eigenvalue weighted by Crippen LogP contribution is 2.35. The van der Waals surface area contributed by atoms with Crippen LogP contribution in [0.3, 0.4) is 0 Å². The van der Waals surface area contributed by atoms with Gasteiger partial charge in [-0.15, -0.1) is 11.6 Å². The second kappa shape index (κ2) is 16.9. The maximum Gasteiger partial charge on any atom is 0.315 e. The number of halogens is 1. The Morgan fingerprint density at radius 3 is 2.04 bits per heavy atom. The monoisotopic (exact) mass is 719 g/mol. The number of nitrogens with one attached hydrogen (secondary N) is 4. The zero-order chi connectivity index (χ0) is 36.8. The van der Waals surface area contributed by atoms with Crippen molar-refractivity contribution in [3.63, 3.8) is 0 Å². The first kappa shape index (κ1) is 41.7. The lowest BCUT2D eigenvalue weighted by atomic mass is 9.84. The standard InChI is InChI=1S/C32H58ClN7O7S/c1-19(2)21-13-16-40(24(21)28(43)36-22(17-20-11-12-20)25(41)27(34)42)29(44)26(32(6,7)8)38-30(45)37-23(31(3,4)5)18-39(9)48(46,47)35-15-10-14-33/h19-24,26,35H,10-18H2,1-9H3,(H2,34,42)(H,36,43)(H2,37,38,45)/t21-,22?,23-,24+,26-/m1/s1. The number of likely N-dealkylation sites (tertiary alicyclic amines) is 1. The molecule has 48 heavy (non-hydrogen) atoms. The Hall–Kier alpha value is -2.49. The third-order valence-corrected chi connectivity index (χ3v) is 11.0. The molecule has 1 aliphatic carbocycles. The molecular weight excluding hydrogens is 662 g/mol. The van der Waals surface area contributed by atoms with E-state index in [1.165, 1.54) is 11.9 Å². The van der Waals surface area contributed by atoms with E-state index >= 15 is 0 Å². The number of nitrogens with zero attached hydrogens (tertiary/aromatic N) is 2. The van der Waals surface area contributed by atoms with Crippen molar-refractivity contribution in [2.75, 3.05) is 32.6 Å². The summed E-state index contributed by atoms with van der Waals surface area (Å²) in [6.45, 7) is 15.3. The quantitative estimate of drug-likeness (QED) is 0.0856. The molecule has 276 valence electrons. The molecule has 0 aromatic rings. The van der Waals surface area contributed by atoms with Crippen molar-refractivity contribution in [3.05, 3.63) is 0 Å². The number of urea groups is 1. The van der Waals surface area contributed by atoms with Gasteiger partial charge in [0.1, 0.15) is 12.1 Å². The number of amides is 5. The molecule has 0 aromatic heterocycles. The molecule has 0 bridgehead atoms. The molecule has 6 N–H and O–H groups in total. The normalized spacial score (nSPS) is 20.7. The molecule has 0 aromatic carbocycles. The first-order chi connectivity index (χ1) is 22.0. The van der Waals surface area contributed by atoms with Crippen molar-refractivity contribution in [3.8, 4) is 0 Å². The van der Waals surface area contributed by atoms with E-state index in [-0.39, 0.29) is 37.4 Å². The number of rotatable bonds is 17. The summed E-state index contributed by atoms with van der Waals surface area (Å²) in [5.74, 6) is -2.66. The Morgan fingerprint density at radius 2 is 1.56 bits per heavy atom. The van der Waals surface area contributed by atoms with Crippen LogP contribution in [0.5, 0.6) is 0 Å². The molecule has 1 heterocycles. The molecular formula is C32H58ClN7O7S. The minimum atomic E-state index is -3.84. The number of Topliss-reactive ketones (excluding diaryl/α,β-unsaturated/α-hetero) is 1. The fourth-order valence-electron chi connectivity index (χ4n) is 5.86. The minimum Gasteiger partial charge on any atom is -0.363 e. The lowest BCUT2D eigenvalue weighted by Crippen LogP contribution is -2.62. The second-order valence-corrected chi connectivity index (χ2v) is 17.9. The van der Waals surface area contributed by atoms with Gasteiger partial charge in [0, 0.05) is 38.6 Å². The molecule has 16 heteroatoms. The lowest BCUT2D eigenvalue weighted by Gasteiger charge is -2.38. The van der Waals surface area contributed by atoms with Gasteiger partial charge in [-0.05, 0) is 47.8 Å². The summed E-state index contributed by atoms with van der Waals surface area (Å²) in [5, 5.41) is 8.43. The van der Waals surface area contributed by atoms with Gasteiger partial charge in [0.05, 0.1) is 6.04 Å². The van der Waals surface area contributed by atoms with E-state index in [4.69, 9.17) is 17.3 Å². The smallest absolute Gasteiger partial charge is 0.315 e. The van der Waals surface area contributed by atoms with Crippen molar-refractivity contribution in [1.82, 2.24) is 29.9 Å². The Balaban J connectivity index is 2.30. The molecule has 5 atom stereocenters. The largest absolute Gasteiger partial charge is 0.363 e. The average molecular weight is 720 g/mol. The summed E-state index contributed by atoms with van der Waals surface area (Å²) in [4.78, 5) is 67.6. The van der Waals surface area contributed by atoms with Crippen LogP contribution < -0.4 is 26.4 Å². The number of hydrogen-bond acceptors (Lipinski definition) is 7. The van der Waals surface area contributed by atoms with Crippen molar-refractivity contribution in [1.29, 1.82) is 0 Å². The number of carbonyl (C=O) groups is 5. The zero-order valence-electron chi connectivity index (χ0n) is 30.0. The van der Waals surface area contributed by atoms with E-state index in [0.29, 0.717) is 25.1 Å². The number of nitrogens with two attached hydrogens (primary N) is 1. The van der Waals surface area contributed by atoms with Crippen LogP contribution in [0, 0.1) is 28.6 Å². The topological polar surface area (TPSA) is 200 Å². The molecule has 1 saturated carbocycles. The van der Waals surface area contributed by atoms with Gasteiger partial charge in [-0.25, -0.2) is 9.52 Å². The summed E-state index contributed by atoms with van der Waals surface area (Å²) >= 11 is 5.68. The number of alkyl halides is 1. The number of primary amides is 1. The van der Waals surface area contributed by atoms with E-state index < -0.39 is 74.7 Å². The molecule has 1 unspecified atom stereocenters. The van der Waals surface area contributed by atoms with Gasteiger partial charge >= 0.3 is 6.03 Å². The van der Waals surface area contributed by atoms with Crippen LogP contribution in [0.25, 0.3) is 0 Å². The van der Waals surface area contributed by atoms with Gasteiger partial charge in [0.25, 0.3) is 16.1 Å². The van der Waals surface area contributed by atoms with Crippen LogP contribution in [0.15, 0.2) is 0 Å². The van der Waals surface area contributed by atoms with Crippen molar-refractivity contribution in [2.45, 2.75) is 112 Å². The number of hydrogen-bond donors (Lipinski definition) is 5. The maximum atomic E-state index is 14.3. The molecule has 2 fully saturated rings. The van der Waals surface area contributed by atoms with Crippen LogP contribution >= 0.6 is 11.6 Å². The van der Waals surface area contributed by atoms with Crippen LogP contribution in [-0.4, -0.2) is 104 Å². The highest BCUT2D eigenvalue weighted by molar-refractivity contribution is 7.87. The molecule has 5 amide bonds. The van der Waals surface area contributed by atoms with Crippen molar-refractivity contribution >= 4 is 51.3 Å². The number of likely N-dealkylation sites (N-methyl/N-ethyl adjacent to an activating group) is 1. The Kier molecular flexibility index (Phi) is 14.7. The van der Waals surface area contributed by atoms with E-state index in [0.717, 1.165) is 17.1 Å². The predicted octanol–water partition coefficient (Wildman–Crippen LogP) is 1.72. The summed E-state index contributed by atoms with van der Waals surface area (Å²) in [6.07, 6.45) is 3.10. The lowest BCUT2D eigenvalue weighted by molar-refractivity contribution is -0.144. The molecule has 0 spiro atoms. The van der Waals surface area contributed by atoms with E-state index in [9.17, 15) is 32.4 Å². The van der Waals surface area contributed by atoms with E-state index in [1.807, 2.05) is 34.6 Å². The molecule has 2 rings (SSSR count). The first-order valence-corrected chi connectivity index (χ1v) is 18.8. The van der Waals surface area contributed by atoms with Gasteiger partial charge in [-0.2, -0.15) is 12.7 Å². The number of ketones is 1. The summed E-state index contributed by atoms with van der Waals surface area (Å²) < 4.78 is 29.2. The van der Waals surface area contributed by atoms with E-state index in [1.54, 1.807) is 20.8 Å². The van der Waals surface area contributed by atoms with Gasteiger partial charge in [0.2, 0.25) is 17.6 Å². The zero-order valence-corrected chi connectivity index (χ0v) is 31.6. The second-order valence-electron chi connectivity index (χ2n) is 15.7. The highest BCUT2D eigenvalue weighted by atomic mass is 35.5. The van der Waals surface area contributed by atoms with Gasteiger partial charge < -0.3 is 26.6 Å². The first-order valence-electron chi connectivity index (χ1n) is 16.8. The molecule has 2 aliphatic rings. The summed E-state index contributed by atoms with van der Waals surface area (Å²) in [6, 6.07) is -4.37. The molecule has 1 saturated heterocycles.